The molecule has 30 heavy (non-hydrogen) atoms. The topological polar surface area (TPSA) is 93.5 Å². The number of ether oxygens (including phenoxy) is 1. The van der Waals surface area contributed by atoms with Gasteiger partial charge in [0.15, 0.2) is 0 Å². The molecule has 0 N–H and O–H groups in total. The van der Waals surface area contributed by atoms with Crippen LogP contribution in [0.3, 0.4) is 0 Å². The van der Waals surface area contributed by atoms with E-state index < -0.39 is 10.0 Å². The fourth-order valence-electron chi connectivity index (χ4n) is 3.30. The zero-order chi connectivity index (χ0) is 21.1. The maximum Gasteiger partial charge on any atom is 0.246 e. The normalized spacial score (nSPS) is 15.3. The number of rotatable bonds is 6. The van der Waals surface area contributed by atoms with E-state index in [4.69, 9.17) is 4.74 Å². The molecule has 3 aromatic rings. The Morgan fingerprint density at radius 1 is 1.10 bits per heavy atom. The molecular formula is C19H21BrN6O3S. The van der Waals surface area contributed by atoms with Crippen LogP contribution in [0.2, 0.25) is 0 Å². The second-order valence-corrected chi connectivity index (χ2v) is 9.44. The molecule has 1 saturated heterocycles. The van der Waals surface area contributed by atoms with Gasteiger partial charge in [-0.25, -0.2) is 23.4 Å². The molecule has 0 spiro atoms. The summed E-state index contributed by atoms with van der Waals surface area (Å²) in [6.07, 6.45) is 6.67. The monoisotopic (exact) mass is 492 g/mol. The van der Waals surface area contributed by atoms with Gasteiger partial charge in [-0.2, -0.15) is 4.31 Å². The van der Waals surface area contributed by atoms with E-state index in [2.05, 4.69) is 35.8 Å². The minimum atomic E-state index is -3.68. The highest BCUT2D eigenvalue weighted by molar-refractivity contribution is 9.10. The van der Waals surface area contributed by atoms with Gasteiger partial charge in [0.05, 0.1) is 6.61 Å². The molecule has 0 amide bonds. The third-order valence-electron chi connectivity index (χ3n) is 4.79. The molecule has 4 rings (SSSR count). The Balaban J connectivity index is 1.51. The standard InChI is InChI=1S/C19H21BrN6O3S/c1-2-29-16-4-3-15(20)11-17(16)30(27,28)26-9-7-24(8-10-26)18-12-19(23-13-22-18)25-6-5-21-14-25/h3-6,11-14H,2,7-10H2,1H3. The predicted octanol–water partition coefficient (Wildman–Crippen LogP) is 2.33. The Hall–Kier alpha value is -2.50. The average molecular weight is 493 g/mol. The summed E-state index contributed by atoms with van der Waals surface area (Å²) in [5, 5.41) is 0. The summed E-state index contributed by atoms with van der Waals surface area (Å²) in [7, 11) is -3.68. The van der Waals surface area contributed by atoms with Crippen LogP contribution in [0.25, 0.3) is 5.82 Å². The van der Waals surface area contributed by atoms with E-state index in [0.717, 1.165) is 5.82 Å². The smallest absolute Gasteiger partial charge is 0.246 e. The van der Waals surface area contributed by atoms with Crippen molar-refractivity contribution < 1.29 is 13.2 Å². The first kappa shape index (κ1) is 20.8. The van der Waals surface area contributed by atoms with E-state index in [1.807, 2.05) is 19.2 Å². The van der Waals surface area contributed by atoms with Crippen molar-refractivity contribution in [2.45, 2.75) is 11.8 Å². The maximum atomic E-state index is 13.3. The van der Waals surface area contributed by atoms with E-state index in [0.29, 0.717) is 48.8 Å². The minimum Gasteiger partial charge on any atom is -0.492 e. The van der Waals surface area contributed by atoms with E-state index in [1.165, 1.54) is 10.6 Å². The van der Waals surface area contributed by atoms with Gasteiger partial charge in [-0.3, -0.25) is 4.57 Å². The van der Waals surface area contributed by atoms with Crippen LogP contribution >= 0.6 is 15.9 Å². The quantitative estimate of drug-likeness (QED) is 0.521. The number of benzene rings is 1. The van der Waals surface area contributed by atoms with Crippen molar-refractivity contribution in [2.24, 2.45) is 0 Å². The first-order valence-corrected chi connectivity index (χ1v) is 11.7. The predicted molar refractivity (Wildman–Crippen MR) is 115 cm³/mol. The van der Waals surface area contributed by atoms with Crippen LogP contribution < -0.4 is 9.64 Å². The Kier molecular flexibility index (Phi) is 6.02. The van der Waals surface area contributed by atoms with Crippen molar-refractivity contribution in [3.63, 3.8) is 0 Å². The van der Waals surface area contributed by atoms with Gasteiger partial charge in [0.25, 0.3) is 0 Å². The number of piperazine rings is 1. The lowest BCUT2D eigenvalue weighted by atomic mass is 10.3. The molecule has 1 fully saturated rings. The van der Waals surface area contributed by atoms with Crippen molar-refractivity contribution in [3.8, 4) is 11.6 Å². The largest absolute Gasteiger partial charge is 0.492 e. The molecular weight excluding hydrogens is 472 g/mol. The molecule has 1 aromatic carbocycles. The second kappa shape index (κ2) is 8.70. The zero-order valence-electron chi connectivity index (χ0n) is 16.3. The number of hydrogen-bond acceptors (Lipinski definition) is 7. The first-order valence-electron chi connectivity index (χ1n) is 9.47. The number of nitrogens with zero attached hydrogens (tertiary/aromatic N) is 6. The Morgan fingerprint density at radius 2 is 1.87 bits per heavy atom. The van der Waals surface area contributed by atoms with Crippen LogP contribution in [-0.4, -0.2) is 65.0 Å². The van der Waals surface area contributed by atoms with E-state index >= 15 is 0 Å². The maximum absolute atomic E-state index is 13.3. The molecule has 0 bridgehead atoms. The van der Waals surface area contributed by atoms with Crippen LogP contribution in [0.5, 0.6) is 5.75 Å². The molecule has 158 valence electrons. The van der Waals surface area contributed by atoms with E-state index in [-0.39, 0.29) is 4.90 Å². The molecule has 0 unspecified atom stereocenters. The summed E-state index contributed by atoms with van der Waals surface area (Å²) in [4.78, 5) is 14.9. The van der Waals surface area contributed by atoms with Crippen molar-refractivity contribution in [1.82, 2.24) is 23.8 Å². The van der Waals surface area contributed by atoms with Crippen molar-refractivity contribution in [2.75, 3.05) is 37.7 Å². The summed E-state index contributed by atoms with van der Waals surface area (Å²) < 4.78 is 36.0. The van der Waals surface area contributed by atoms with Gasteiger partial charge in [0.2, 0.25) is 10.0 Å². The molecule has 3 heterocycles. The molecule has 9 nitrogen and oxygen atoms in total. The van der Waals surface area contributed by atoms with Gasteiger partial charge in [0, 0.05) is 49.1 Å². The van der Waals surface area contributed by atoms with Gasteiger partial charge < -0.3 is 9.64 Å². The summed E-state index contributed by atoms with van der Waals surface area (Å²) in [6.45, 7) is 3.98. The Morgan fingerprint density at radius 3 is 2.57 bits per heavy atom. The third-order valence-corrected chi connectivity index (χ3v) is 7.21. The first-order chi connectivity index (χ1) is 14.5. The lowest BCUT2D eigenvalue weighted by Gasteiger charge is -2.34. The van der Waals surface area contributed by atoms with Crippen molar-refractivity contribution in [3.05, 3.63) is 53.8 Å². The number of hydrogen-bond donors (Lipinski definition) is 0. The molecule has 2 aromatic heterocycles. The third kappa shape index (κ3) is 4.18. The zero-order valence-corrected chi connectivity index (χ0v) is 18.8. The van der Waals surface area contributed by atoms with Gasteiger partial charge in [-0.15, -0.1) is 0 Å². The van der Waals surface area contributed by atoms with Crippen LogP contribution in [0.15, 0.2) is 58.7 Å². The Bertz CT molecular complexity index is 1120. The molecule has 0 saturated carbocycles. The molecule has 0 aliphatic carbocycles. The molecule has 11 heteroatoms. The van der Waals surface area contributed by atoms with Crippen molar-refractivity contribution in [1.29, 1.82) is 0 Å². The molecule has 0 atom stereocenters. The van der Waals surface area contributed by atoms with Crippen LogP contribution in [0, 0.1) is 0 Å². The fourth-order valence-corrected chi connectivity index (χ4v) is 5.39. The Labute approximate surface area is 183 Å². The van der Waals surface area contributed by atoms with Gasteiger partial charge >= 0.3 is 0 Å². The SMILES string of the molecule is CCOc1ccc(Br)cc1S(=O)(=O)N1CCN(c2cc(-n3ccnc3)ncn2)CC1. The lowest BCUT2D eigenvalue weighted by Crippen LogP contribution is -2.49. The van der Waals surface area contributed by atoms with Crippen LogP contribution in [-0.2, 0) is 10.0 Å². The molecule has 1 aliphatic rings. The minimum absolute atomic E-state index is 0.177. The number of aromatic nitrogens is 4. The second-order valence-electron chi connectivity index (χ2n) is 6.62. The van der Waals surface area contributed by atoms with Crippen molar-refractivity contribution >= 4 is 31.8 Å². The number of halogens is 1. The fraction of sp³-hybridized carbons (Fsp3) is 0.316. The summed E-state index contributed by atoms with van der Waals surface area (Å²) in [5.41, 5.74) is 0. The molecule has 0 radical (unpaired) electrons. The molecule has 1 aliphatic heterocycles. The number of imidazole rings is 1. The van der Waals surface area contributed by atoms with Crippen LogP contribution in [0.1, 0.15) is 6.92 Å². The lowest BCUT2D eigenvalue weighted by molar-refractivity contribution is 0.327. The highest BCUT2D eigenvalue weighted by atomic mass is 79.9. The van der Waals surface area contributed by atoms with Gasteiger partial charge in [-0.05, 0) is 25.1 Å². The van der Waals surface area contributed by atoms with E-state index in [1.54, 1.807) is 35.3 Å². The van der Waals surface area contributed by atoms with Gasteiger partial charge in [0.1, 0.15) is 34.9 Å². The number of anilines is 1. The van der Waals surface area contributed by atoms with Gasteiger partial charge in [-0.1, -0.05) is 15.9 Å². The highest BCUT2D eigenvalue weighted by Crippen LogP contribution is 2.31. The summed E-state index contributed by atoms with van der Waals surface area (Å²) in [5.74, 6) is 1.83. The van der Waals surface area contributed by atoms with Crippen LogP contribution in [0.4, 0.5) is 5.82 Å². The summed E-state index contributed by atoms with van der Waals surface area (Å²) >= 11 is 3.36. The number of sulfonamides is 1. The van der Waals surface area contributed by atoms with E-state index in [9.17, 15) is 8.42 Å². The highest BCUT2D eigenvalue weighted by Gasteiger charge is 2.31. The summed E-state index contributed by atoms with van der Waals surface area (Å²) in [6, 6.07) is 6.91. The average Bonchev–Trinajstić information content (AvgIpc) is 3.30.